The van der Waals surface area contributed by atoms with E-state index in [2.05, 4.69) is 19.1 Å². The van der Waals surface area contributed by atoms with E-state index in [0.717, 1.165) is 22.9 Å². The van der Waals surface area contributed by atoms with E-state index in [0.29, 0.717) is 12.2 Å². The van der Waals surface area contributed by atoms with Crippen LogP contribution in [0.2, 0.25) is 0 Å². The molecule has 2 rings (SSSR count). The van der Waals surface area contributed by atoms with Crippen LogP contribution in [-0.4, -0.2) is 15.6 Å². The minimum absolute atomic E-state index is 0.413. The van der Waals surface area contributed by atoms with E-state index < -0.39 is 5.97 Å². The van der Waals surface area contributed by atoms with Crippen LogP contribution in [0.5, 0.6) is 0 Å². The number of aromatic nitrogens is 1. The van der Waals surface area contributed by atoms with Crippen LogP contribution in [0.15, 0.2) is 18.2 Å². The topological polar surface area (TPSA) is 42.2 Å². The molecular weight excluding hydrogens is 214 g/mol. The molecule has 90 valence electrons. The highest BCUT2D eigenvalue weighted by Gasteiger charge is 2.18. The summed E-state index contributed by atoms with van der Waals surface area (Å²) in [5, 5.41) is 10.3. The molecule has 2 aromatic rings. The Morgan fingerprint density at radius 3 is 2.59 bits per heavy atom. The number of carboxylic acids is 1. The Bertz CT molecular complexity index is 581. The Balaban J connectivity index is 2.83. The third-order valence-electron chi connectivity index (χ3n) is 3.31. The Hall–Kier alpha value is -1.77. The fourth-order valence-electron chi connectivity index (χ4n) is 2.39. The second-order valence-corrected chi connectivity index (χ2v) is 4.23. The molecule has 1 aromatic heterocycles. The lowest BCUT2D eigenvalue weighted by molar-refractivity contribution is 0.0685. The van der Waals surface area contributed by atoms with E-state index in [1.165, 1.54) is 5.56 Å². The molecule has 0 aliphatic heterocycles. The van der Waals surface area contributed by atoms with Gasteiger partial charge in [-0.3, -0.25) is 0 Å². The lowest BCUT2D eigenvalue weighted by Gasteiger charge is -2.04. The number of carbonyl (C=O) groups is 1. The molecule has 1 heterocycles. The molecule has 0 bridgehead atoms. The van der Waals surface area contributed by atoms with E-state index >= 15 is 0 Å². The van der Waals surface area contributed by atoms with Crippen molar-refractivity contribution in [2.45, 2.75) is 33.7 Å². The summed E-state index contributed by atoms with van der Waals surface area (Å²) in [5.41, 5.74) is 3.53. The van der Waals surface area contributed by atoms with Crippen LogP contribution in [0.4, 0.5) is 0 Å². The molecule has 17 heavy (non-hydrogen) atoms. The van der Waals surface area contributed by atoms with Gasteiger partial charge in [-0.1, -0.05) is 13.0 Å². The Kier molecular flexibility index (Phi) is 2.92. The zero-order valence-electron chi connectivity index (χ0n) is 10.4. The smallest absolute Gasteiger partial charge is 0.352 e. The summed E-state index contributed by atoms with van der Waals surface area (Å²) in [5.74, 6) is -0.849. The molecule has 0 atom stereocenters. The highest BCUT2D eigenvalue weighted by atomic mass is 16.4. The monoisotopic (exact) mass is 231 g/mol. The molecule has 0 radical (unpaired) electrons. The summed E-state index contributed by atoms with van der Waals surface area (Å²) >= 11 is 0. The first-order chi connectivity index (χ1) is 8.10. The quantitative estimate of drug-likeness (QED) is 0.881. The van der Waals surface area contributed by atoms with Crippen LogP contribution in [0, 0.1) is 6.92 Å². The maximum absolute atomic E-state index is 11.3. The van der Waals surface area contributed by atoms with Crippen LogP contribution in [0.3, 0.4) is 0 Å². The van der Waals surface area contributed by atoms with Gasteiger partial charge in [-0.2, -0.15) is 0 Å². The van der Waals surface area contributed by atoms with Gasteiger partial charge in [0.25, 0.3) is 0 Å². The van der Waals surface area contributed by atoms with Gasteiger partial charge in [0.15, 0.2) is 0 Å². The average Bonchev–Trinajstić information content (AvgIpc) is 2.61. The summed E-state index contributed by atoms with van der Waals surface area (Å²) in [4.78, 5) is 11.3. The van der Waals surface area contributed by atoms with E-state index in [1.807, 2.05) is 24.5 Å². The number of rotatable bonds is 3. The van der Waals surface area contributed by atoms with Crippen molar-refractivity contribution in [2.75, 3.05) is 0 Å². The highest BCUT2D eigenvalue weighted by Crippen LogP contribution is 2.27. The molecule has 0 aliphatic carbocycles. The van der Waals surface area contributed by atoms with Gasteiger partial charge in [-0.05, 0) is 43.5 Å². The Morgan fingerprint density at radius 1 is 1.35 bits per heavy atom. The second kappa shape index (κ2) is 4.24. The van der Waals surface area contributed by atoms with Gasteiger partial charge >= 0.3 is 5.97 Å². The van der Waals surface area contributed by atoms with Crippen molar-refractivity contribution < 1.29 is 9.90 Å². The zero-order chi connectivity index (χ0) is 12.6. The van der Waals surface area contributed by atoms with Crippen LogP contribution in [0.1, 0.15) is 35.5 Å². The van der Waals surface area contributed by atoms with Gasteiger partial charge in [0.05, 0.1) is 0 Å². The largest absolute Gasteiger partial charge is 0.477 e. The summed E-state index contributed by atoms with van der Waals surface area (Å²) in [6.45, 7) is 6.64. The van der Waals surface area contributed by atoms with Crippen molar-refractivity contribution in [2.24, 2.45) is 0 Å². The SMILES string of the molecule is CCc1ccc2c(c1)c(C)c(C(=O)O)n2CC. The number of carboxylic acid groups (broad SMARTS) is 1. The number of fused-ring (bicyclic) bond motifs is 1. The molecule has 0 fully saturated rings. The summed E-state index contributed by atoms with van der Waals surface area (Å²) < 4.78 is 1.87. The van der Waals surface area contributed by atoms with Crippen LogP contribution >= 0.6 is 0 Å². The molecule has 3 heteroatoms. The van der Waals surface area contributed by atoms with Crippen molar-refractivity contribution in [1.29, 1.82) is 0 Å². The summed E-state index contributed by atoms with van der Waals surface area (Å²) in [6, 6.07) is 6.19. The first-order valence-corrected chi connectivity index (χ1v) is 5.95. The average molecular weight is 231 g/mol. The van der Waals surface area contributed by atoms with Gasteiger partial charge in [0.2, 0.25) is 0 Å². The first-order valence-electron chi connectivity index (χ1n) is 5.95. The van der Waals surface area contributed by atoms with Crippen molar-refractivity contribution in [3.05, 3.63) is 35.0 Å². The van der Waals surface area contributed by atoms with Gasteiger partial charge in [-0.15, -0.1) is 0 Å². The van der Waals surface area contributed by atoms with E-state index in [-0.39, 0.29) is 0 Å². The lowest BCUT2D eigenvalue weighted by atomic mass is 10.1. The number of aryl methyl sites for hydroxylation is 3. The van der Waals surface area contributed by atoms with Gasteiger partial charge < -0.3 is 9.67 Å². The molecule has 0 saturated carbocycles. The number of hydrogen-bond donors (Lipinski definition) is 1. The van der Waals surface area contributed by atoms with Crippen LogP contribution in [0.25, 0.3) is 10.9 Å². The molecule has 0 amide bonds. The summed E-state index contributed by atoms with van der Waals surface area (Å²) in [7, 11) is 0. The minimum atomic E-state index is -0.849. The summed E-state index contributed by atoms with van der Waals surface area (Å²) in [6.07, 6.45) is 0.967. The van der Waals surface area contributed by atoms with Crippen LogP contribution < -0.4 is 0 Å². The van der Waals surface area contributed by atoms with E-state index in [9.17, 15) is 9.90 Å². The van der Waals surface area contributed by atoms with Gasteiger partial charge in [0.1, 0.15) is 5.69 Å². The van der Waals surface area contributed by atoms with Crippen molar-refractivity contribution in [3.63, 3.8) is 0 Å². The third kappa shape index (κ3) is 1.71. The molecule has 0 spiro atoms. The number of hydrogen-bond acceptors (Lipinski definition) is 1. The second-order valence-electron chi connectivity index (χ2n) is 4.23. The van der Waals surface area contributed by atoms with Crippen molar-refractivity contribution in [1.82, 2.24) is 4.57 Å². The molecule has 1 N–H and O–H groups in total. The Morgan fingerprint density at radius 2 is 2.06 bits per heavy atom. The Labute approximate surface area is 101 Å². The fourth-order valence-corrected chi connectivity index (χ4v) is 2.39. The van der Waals surface area contributed by atoms with E-state index in [4.69, 9.17) is 0 Å². The highest BCUT2D eigenvalue weighted by molar-refractivity contribution is 5.98. The molecule has 0 aliphatic rings. The molecule has 0 unspecified atom stereocenters. The number of benzene rings is 1. The van der Waals surface area contributed by atoms with Gasteiger partial charge in [-0.25, -0.2) is 4.79 Å². The maximum atomic E-state index is 11.3. The fraction of sp³-hybridized carbons (Fsp3) is 0.357. The first kappa shape index (κ1) is 11.7. The minimum Gasteiger partial charge on any atom is -0.477 e. The maximum Gasteiger partial charge on any atom is 0.352 e. The predicted octanol–water partition coefficient (Wildman–Crippen LogP) is 3.23. The number of nitrogens with zero attached hydrogens (tertiary/aromatic N) is 1. The lowest BCUT2D eigenvalue weighted by Crippen LogP contribution is -2.08. The molecule has 3 nitrogen and oxygen atoms in total. The van der Waals surface area contributed by atoms with Crippen molar-refractivity contribution >= 4 is 16.9 Å². The van der Waals surface area contributed by atoms with Crippen LogP contribution in [-0.2, 0) is 13.0 Å². The van der Waals surface area contributed by atoms with E-state index in [1.54, 1.807) is 0 Å². The molecule has 0 saturated heterocycles. The third-order valence-corrected chi connectivity index (χ3v) is 3.31. The van der Waals surface area contributed by atoms with Gasteiger partial charge in [0, 0.05) is 17.4 Å². The predicted molar refractivity (Wildman–Crippen MR) is 68.7 cm³/mol. The normalized spacial score (nSPS) is 11.0. The molecular formula is C14H17NO2. The van der Waals surface area contributed by atoms with Crippen molar-refractivity contribution in [3.8, 4) is 0 Å². The number of aromatic carboxylic acids is 1. The zero-order valence-corrected chi connectivity index (χ0v) is 10.4. The molecule has 1 aromatic carbocycles. The standard InChI is InChI=1S/C14H17NO2/c1-4-10-6-7-12-11(8-10)9(3)13(14(16)17)15(12)5-2/h6-8H,4-5H2,1-3H3,(H,16,17).